The highest BCUT2D eigenvalue weighted by Gasteiger charge is 2.49. The number of sulfonamides is 1. The van der Waals surface area contributed by atoms with Gasteiger partial charge in [0.1, 0.15) is 11.0 Å². The van der Waals surface area contributed by atoms with Crippen LogP contribution in [0, 0.1) is 5.41 Å². The molecule has 198 valence electrons. The number of imidazole rings is 1. The fourth-order valence-electron chi connectivity index (χ4n) is 5.13. The van der Waals surface area contributed by atoms with Gasteiger partial charge in [-0.3, -0.25) is 9.20 Å². The lowest BCUT2D eigenvalue weighted by molar-refractivity contribution is -0.128. The standard InChI is InChI=1S/C23H26F2N6O4S2/c1-13-17(32)23(12-35-13)5-7-30(8-6-23)15-9-14(37(33,34)29-22(2)3-4-22)11-31-16(15)10-26-19(31)21-28-27-20(36-21)18(24)25/h9-11,13,18,29H,3-8,12H2,1-2H3/t13-/m1/s1. The highest BCUT2D eigenvalue weighted by molar-refractivity contribution is 7.89. The monoisotopic (exact) mass is 552 g/mol. The van der Waals surface area contributed by atoms with Gasteiger partial charge in [0, 0.05) is 24.8 Å². The third-order valence-corrected chi connectivity index (χ3v) is 10.2. The van der Waals surface area contributed by atoms with Crippen LogP contribution in [0.4, 0.5) is 14.5 Å². The van der Waals surface area contributed by atoms with Crippen molar-refractivity contribution in [2.45, 2.75) is 62.5 Å². The van der Waals surface area contributed by atoms with Crippen molar-refractivity contribution in [1.29, 1.82) is 0 Å². The molecular formula is C23H26F2N6O4S2. The van der Waals surface area contributed by atoms with Crippen LogP contribution in [-0.4, -0.2) is 65.1 Å². The molecule has 0 aromatic carbocycles. The number of piperidine rings is 1. The van der Waals surface area contributed by atoms with E-state index in [2.05, 4.69) is 19.9 Å². The maximum Gasteiger partial charge on any atom is 0.291 e. The van der Waals surface area contributed by atoms with Crippen LogP contribution in [0.2, 0.25) is 0 Å². The summed E-state index contributed by atoms with van der Waals surface area (Å²) in [4.78, 5) is 19.3. The number of nitrogens with zero attached hydrogens (tertiary/aromatic N) is 5. The van der Waals surface area contributed by atoms with Gasteiger partial charge in [0.05, 0.1) is 29.4 Å². The molecule has 10 nitrogen and oxygen atoms in total. The average Bonchev–Trinajstić information content (AvgIpc) is 3.22. The van der Waals surface area contributed by atoms with Gasteiger partial charge in [0.15, 0.2) is 21.6 Å². The Morgan fingerprint density at radius 1 is 1.22 bits per heavy atom. The number of carbonyl (C=O) groups is 1. The van der Waals surface area contributed by atoms with Crippen LogP contribution in [0.15, 0.2) is 23.4 Å². The summed E-state index contributed by atoms with van der Waals surface area (Å²) in [5.41, 5.74) is 0.254. The van der Waals surface area contributed by atoms with E-state index in [1.54, 1.807) is 23.6 Å². The summed E-state index contributed by atoms with van der Waals surface area (Å²) in [7, 11) is -3.88. The van der Waals surface area contributed by atoms with Crippen LogP contribution in [0.3, 0.4) is 0 Å². The molecule has 6 rings (SSSR count). The molecule has 1 N–H and O–H groups in total. The number of pyridine rings is 1. The molecule has 1 aliphatic carbocycles. The molecular weight excluding hydrogens is 526 g/mol. The fourth-order valence-corrected chi connectivity index (χ4v) is 7.30. The smallest absolute Gasteiger partial charge is 0.291 e. The van der Waals surface area contributed by atoms with Gasteiger partial charge in [-0.2, -0.15) is 0 Å². The Morgan fingerprint density at radius 2 is 1.95 bits per heavy atom. The van der Waals surface area contributed by atoms with Crippen molar-refractivity contribution >= 4 is 38.3 Å². The van der Waals surface area contributed by atoms with Crippen LogP contribution in [0.5, 0.6) is 0 Å². The van der Waals surface area contributed by atoms with E-state index in [0.29, 0.717) is 55.1 Å². The number of aromatic nitrogens is 4. The highest BCUT2D eigenvalue weighted by Crippen LogP contribution is 2.42. The lowest BCUT2D eigenvalue weighted by Gasteiger charge is -2.38. The summed E-state index contributed by atoms with van der Waals surface area (Å²) in [6, 6.07) is 1.62. The van der Waals surface area contributed by atoms with Gasteiger partial charge >= 0.3 is 0 Å². The molecule has 3 aromatic rings. The van der Waals surface area contributed by atoms with Crippen LogP contribution in [0.25, 0.3) is 16.3 Å². The second-order valence-electron chi connectivity index (χ2n) is 10.4. The maximum absolute atomic E-state index is 13.4. The Balaban J connectivity index is 1.42. The third-order valence-electron chi connectivity index (χ3n) is 7.67. The van der Waals surface area contributed by atoms with Crippen molar-refractivity contribution in [3.8, 4) is 10.8 Å². The third kappa shape index (κ3) is 4.23. The van der Waals surface area contributed by atoms with Crippen LogP contribution >= 0.6 is 11.3 Å². The second kappa shape index (κ2) is 8.48. The predicted molar refractivity (Wildman–Crippen MR) is 131 cm³/mol. The number of hydrogen-bond donors (Lipinski definition) is 1. The quantitative estimate of drug-likeness (QED) is 0.495. The first kappa shape index (κ1) is 24.8. The normalized spacial score (nSPS) is 23.0. The number of alkyl halides is 2. The summed E-state index contributed by atoms with van der Waals surface area (Å²) < 4.78 is 63.0. The van der Waals surface area contributed by atoms with E-state index in [4.69, 9.17) is 4.74 Å². The lowest BCUT2D eigenvalue weighted by atomic mass is 9.75. The number of ether oxygens (including phenoxy) is 1. The molecule has 2 aliphatic heterocycles. The van der Waals surface area contributed by atoms with Crippen LogP contribution in [-0.2, 0) is 19.6 Å². The Morgan fingerprint density at radius 3 is 2.54 bits per heavy atom. The molecule has 2 saturated heterocycles. The molecule has 3 fully saturated rings. The van der Waals surface area contributed by atoms with Crippen molar-refractivity contribution in [1.82, 2.24) is 24.3 Å². The topological polar surface area (TPSA) is 119 Å². The minimum Gasteiger partial charge on any atom is -0.370 e. The summed E-state index contributed by atoms with van der Waals surface area (Å²) in [6.07, 6.45) is 2.53. The second-order valence-corrected chi connectivity index (χ2v) is 13.1. The Hall–Kier alpha value is -2.55. The van der Waals surface area contributed by atoms with E-state index >= 15 is 0 Å². The first-order valence-electron chi connectivity index (χ1n) is 12.1. The van der Waals surface area contributed by atoms with Gasteiger partial charge in [0.2, 0.25) is 10.0 Å². The van der Waals surface area contributed by atoms with Crippen LogP contribution in [0.1, 0.15) is 51.0 Å². The van der Waals surface area contributed by atoms with Crippen molar-refractivity contribution < 1.29 is 26.7 Å². The van der Waals surface area contributed by atoms with E-state index in [0.717, 1.165) is 12.8 Å². The van der Waals surface area contributed by atoms with Crippen molar-refractivity contribution in [3.05, 3.63) is 23.5 Å². The SMILES string of the molecule is C[C@H]1OCC2(CCN(c3cc(S(=O)(=O)NC4(C)CC4)cn4c(-c5nnc(C(F)F)s5)ncc34)CC2)C1=O. The number of anilines is 1. The van der Waals surface area contributed by atoms with E-state index in [1.165, 1.54) is 6.20 Å². The first-order valence-corrected chi connectivity index (χ1v) is 14.4. The van der Waals surface area contributed by atoms with Gasteiger partial charge in [-0.05, 0) is 45.6 Å². The van der Waals surface area contributed by atoms with Crippen LogP contribution < -0.4 is 9.62 Å². The molecule has 3 aliphatic rings. The number of Topliss-reactive ketones (excluding diaryl/α,β-unsaturated/α-hetero) is 1. The summed E-state index contributed by atoms with van der Waals surface area (Å²) in [5.74, 6) is 0.352. The van der Waals surface area contributed by atoms with E-state index < -0.39 is 38.5 Å². The van der Waals surface area contributed by atoms with Gasteiger partial charge in [-0.1, -0.05) is 11.3 Å². The Labute approximate surface area is 216 Å². The molecule has 14 heteroatoms. The molecule has 3 aromatic heterocycles. The largest absolute Gasteiger partial charge is 0.370 e. The average molecular weight is 553 g/mol. The molecule has 0 radical (unpaired) electrons. The zero-order chi connectivity index (χ0) is 26.2. The number of rotatable bonds is 6. The zero-order valence-corrected chi connectivity index (χ0v) is 21.9. The van der Waals surface area contributed by atoms with Gasteiger partial charge in [-0.25, -0.2) is 26.9 Å². The zero-order valence-electron chi connectivity index (χ0n) is 20.3. The number of nitrogens with one attached hydrogen (secondary N) is 1. The summed E-state index contributed by atoms with van der Waals surface area (Å²) >= 11 is 0.716. The Kier molecular flexibility index (Phi) is 5.68. The Bertz CT molecular complexity index is 1490. The highest BCUT2D eigenvalue weighted by atomic mass is 32.2. The fraction of sp³-hybridized carbons (Fsp3) is 0.565. The number of carbonyl (C=O) groups excluding carboxylic acids is 1. The molecule has 0 amide bonds. The molecule has 5 heterocycles. The van der Waals surface area contributed by atoms with E-state index in [-0.39, 0.29) is 21.5 Å². The van der Waals surface area contributed by atoms with E-state index in [9.17, 15) is 22.0 Å². The molecule has 1 saturated carbocycles. The molecule has 1 atom stereocenters. The number of fused-ring (bicyclic) bond motifs is 1. The van der Waals surface area contributed by atoms with Crippen molar-refractivity contribution in [2.24, 2.45) is 5.41 Å². The summed E-state index contributed by atoms with van der Waals surface area (Å²) in [6.45, 7) is 5.08. The lowest BCUT2D eigenvalue weighted by Crippen LogP contribution is -2.45. The minimum absolute atomic E-state index is 0.0372. The molecule has 0 bridgehead atoms. The maximum atomic E-state index is 13.4. The first-order chi connectivity index (χ1) is 17.5. The van der Waals surface area contributed by atoms with E-state index in [1.807, 2.05) is 11.8 Å². The minimum atomic E-state index is -3.88. The van der Waals surface area contributed by atoms with Crippen molar-refractivity contribution in [2.75, 3.05) is 24.6 Å². The predicted octanol–water partition coefficient (Wildman–Crippen LogP) is 3.20. The number of halogens is 2. The van der Waals surface area contributed by atoms with Gasteiger partial charge in [-0.15, -0.1) is 10.2 Å². The van der Waals surface area contributed by atoms with Crippen molar-refractivity contribution in [3.63, 3.8) is 0 Å². The summed E-state index contributed by atoms with van der Waals surface area (Å²) in [5, 5.41) is 7.16. The molecule has 37 heavy (non-hydrogen) atoms. The molecule has 0 unspecified atom stereocenters. The molecule has 1 spiro atoms. The number of ketones is 1. The van der Waals surface area contributed by atoms with Gasteiger partial charge < -0.3 is 9.64 Å². The number of hydrogen-bond acceptors (Lipinski definition) is 9. The van der Waals surface area contributed by atoms with Gasteiger partial charge in [0.25, 0.3) is 6.43 Å².